The molecule has 90 valence electrons. The van der Waals surface area contributed by atoms with E-state index in [2.05, 4.69) is 15.3 Å². The number of aromatic nitrogens is 2. The highest BCUT2D eigenvalue weighted by atomic mass is 16.1. The van der Waals surface area contributed by atoms with Crippen LogP contribution >= 0.6 is 0 Å². The lowest BCUT2D eigenvalue weighted by atomic mass is 10.2. The standard InChI is InChI=1S/C11H20N4O/c1-4-8(6-12)13-9-5-10(16)15-11(14-9)7(2)3/h5,7-8H,4,6,12H2,1-3H3,(H2,13,14,15,16). The van der Waals surface area contributed by atoms with Crippen molar-refractivity contribution in [2.75, 3.05) is 11.9 Å². The summed E-state index contributed by atoms with van der Waals surface area (Å²) in [6.45, 7) is 6.55. The van der Waals surface area contributed by atoms with Gasteiger partial charge in [0.05, 0.1) is 0 Å². The van der Waals surface area contributed by atoms with Crippen molar-refractivity contribution >= 4 is 5.82 Å². The normalized spacial score (nSPS) is 12.8. The van der Waals surface area contributed by atoms with E-state index in [1.54, 1.807) is 0 Å². The number of H-pyrrole nitrogens is 1. The van der Waals surface area contributed by atoms with Gasteiger partial charge in [-0.05, 0) is 6.42 Å². The summed E-state index contributed by atoms with van der Waals surface area (Å²) in [4.78, 5) is 18.5. The first kappa shape index (κ1) is 12.7. The Kier molecular flexibility index (Phi) is 4.49. The van der Waals surface area contributed by atoms with Crippen LogP contribution in [0.3, 0.4) is 0 Å². The van der Waals surface area contributed by atoms with Crippen LogP contribution in [-0.4, -0.2) is 22.6 Å². The van der Waals surface area contributed by atoms with Crippen LogP contribution in [0.1, 0.15) is 38.9 Å². The van der Waals surface area contributed by atoms with Gasteiger partial charge in [0, 0.05) is 24.6 Å². The van der Waals surface area contributed by atoms with Gasteiger partial charge in [-0.25, -0.2) is 4.98 Å². The van der Waals surface area contributed by atoms with Gasteiger partial charge in [-0.2, -0.15) is 0 Å². The maximum Gasteiger partial charge on any atom is 0.252 e. The molecule has 0 fully saturated rings. The van der Waals surface area contributed by atoms with Gasteiger partial charge in [-0.1, -0.05) is 20.8 Å². The highest BCUT2D eigenvalue weighted by Gasteiger charge is 2.08. The van der Waals surface area contributed by atoms with Crippen molar-refractivity contribution in [3.8, 4) is 0 Å². The van der Waals surface area contributed by atoms with Gasteiger partial charge in [0.15, 0.2) is 0 Å². The van der Waals surface area contributed by atoms with E-state index in [0.29, 0.717) is 18.2 Å². The molecule has 1 heterocycles. The molecule has 0 radical (unpaired) electrons. The molecule has 1 aromatic heterocycles. The van der Waals surface area contributed by atoms with Crippen LogP contribution in [-0.2, 0) is 0 Å². The van der Waals surface area contributed by atoms with Crippen molar-refractivity contribution in [1.29, 1.82) is 0 Å². The zero-order valence-corrected chi connectivity index (χ0v) is 10.1. The lowest BCUT2D eigenvalue weighted by molar-refractivity contribution is 0.693. The minimum Gasteiger partial charge on any atom is -0.366 e. The molecule has 0 amide bonds. The van der Waals surface area contributed by atoms with Crippen molar-refractivity contribution in [1.82, 2.24) is 9.97 Å². The number of aromatic amines is 1. The zero-order valence-electron chi connectivity index (χ0n) is 10.1. The number of nitrogens with two attached hydrogens (primary N) is 1. The topological polar surface area (TPSA) is 83.8 Å². The maximum absolute atomic E-state index is 11.4. The van der Waals surface area contributed by atoms with E-state index in [0.717, 1.165) is 6.42 Å². The van der Waals surface area contributed by atoms with Crippen LogP contribution in [0.5, 0.6) is 0 Å². The molecule has 1 aromatic rings. The largest absolute Gasteiger partial charge is 0.366 e. The number of nitrogens with zero attached hydrogens (tertiary/aromatic N) is 1. The first-order chi connectivity index (χ1) is 7.56. The Morgan fingerprint density at radius 3 is 2.75 bits per heavy atom. The second-order valence-electron chi connectivity index (χ2n) is 4.16. The van der Waals surface area contributed by atoms with Gasteiger partial charge in [0.1, 0.15) is 11.6 Å². The fourth-order valence-electron chi connectivity index (χ4n) is 1.36. The van der Waals surface area contributed by atoms with Crippen LogP contribution in [0, 0.1) is 0 Å². The van der Waals surface area contributed by atoms with Crippen molar-refractivity contribution < 1.29 is 0 Å². The second-order valence-corrected chi connectivity index (χ2v) is 4.16. The van der Waals surface area contributed by atoms with Crippen molar-refractivity contribution in [3.05, 3.63) is 22.2 Å². The molecule has 16 heavy (non-hydrogen) atoms. The summed E-state index contributed by atoms with van der Waals surface area (Å²) >= 11 is 0. The van der Waals surface area contributed by atoms with E-state index >= 15 is 0 Å². The molecule has 4 N–H and O–H groups in total. The zero-order chi connectivity index (χ0) is 12.1. The number of anilines is 1. The predicted octanol–water partition coefficient (Wildman–Crippen LogP) is 1.04. The van der Waals surface area contributed by atoms with Gasteiger partial charge in [0.2, 0.25) is 0 Å². The third-order valence-electron chi connectivity index (χ3n) is 2.44. The Hall–Kier alpha value is -1.36. The maximum atomic E-state index is 11.4. The highest BCUT2D eigenvalue weighted by molar-refractivity contribution is 5.34. The number of hydrogen-bond acceptors (Lipinski definition) is 4. The van der Waals surface area contributed by atoms with Crippen molar-refractivity contribution in [2.45, 2.75) is 39.2 Å². The Morgan fingerprint density at radius 2 is 2.25 bits per heavy atom. The first-order valence-electron chi connectivity index (χ1n) is 5.64. The fraction of sp³-hybridized carbons (Fsp3) is 0.636. The van der Waals surface area contributed by atoms with Crippen LogP contribution in [0.25, 0.3) is 0 Å². The summed E-state index contributed by atoms with van der Waals surface area (Å²) in [6.07, 6.45) is 0.905. The molecule has 0 aliphatic rings. The Balaban J connectivity index is 2.92. The van der Waals surface area contributed by atoms with E-state index in [1.165, 1.54) is 6.07 Å². The van der Waals surface area contributed by atoms with Gasteiger partial charge in [0.25, 0.3) is 5.56 Å². The second kappa shape index (κ2) is 5.65. The molecule has 0 bridgehead atoms. The minimum absolute atomic E-state index is 0.131. The lowest BCUT2D eigenvalue weighted by Gasteiger charge is -2.16. The summed E-state index contributed by atoms with van der Waals surface area (Å²) in [7, 11) is 0. The summed E-state index contributed by atoms with van der Waals surface area (Å²) in [6, 6.07) is 1.62. The SMILES string of the molecule is CCC(CN)Nc1cc(=O)[nH]c(C(C)C)n1. The highest BCUT2D eigenvalue weighted by Crippen LogP contribution is 2.10. The van der Waals surface area contributed by atoms with Crippen LogP contribution in [0.2, 0.25) is 0 Å². The molecular formula is C11H20N4O. The smallest absolute Gasteiger partial charge is 0.252 e. The van der Waals surface area contributed by atoms with Gasteiger partial charge in [-0.3, -0.25) is 4.79 Å². The van der Waals surface area contributed by atoms with Crippen LogP contribution in [0.4, 0.5) is 5.82 Å². The van der Waals surface area contributed by atoms with Crippen LogP contribution in [0.15, 0.2) is 10.9 Å². The molecule has 0 aliphatic heterocycles. The molecule has 5 heteroatoms. The average Bonchev–Trinajstić information content (AvgIpc) is 2.25. The van der Waals surface area contributed by atoms with E-state index in [4.69, 9.17) is 5.73 Å². The average molecular weight is 224 g/mol. The summed E-state index contributed by atoms with van der Waals surface area (Å²) in [5.74, 6) is 1.50. The van der Waals surface area contributed by atoms with Crippen molar-refractivity contribution in [3.63, 3.8) is 0 Å². The van der Waals surface area contributed by atoms with Crippen molar-refractivity contribution in [2.24, 2.45) is 5.73 Å². The quantitative estimate of drug-likeness (QED) is 0.698. The number of hydrogen-bond donors (Lipinski definition) is 3. The Bertz CT molecular complexity index is 382. The minimum atomic E-state index is -0.131. The van der Waals surface area contributed by atoms with Gasteiger partial charge in [-0.15, -0.1) is 0 Å². The Labute approximate surface area is 95.5 Å². The number of nitrogens with one attached hydrogen (secondary N) is 2. The van der Waals surface area contributed by atoms with E-state index in [-0.39, 0.29) is 17.5 Å². The summed E-state index contributed by atoms with van der Waals surface area (Å²) in [5.41, 5.74) is 5.46. The molecule has 1 unspecified atom stereocenters. The van der Waals surface area contributed by atoms with Gasteiger partial charge >= 0.3 is 0 Å². The third-order valence-corrected chi connectivity index (χ3v) is 2.44. The monoisotopic (exact) mass is 224 g/mol. The van der Waals surface area contributed by atoms with Crippen LogP contribution < -0.4 is 16.6 Å². The molecule has 1 rings (SSSR count). The third kappa shape index (κ3) is 3.34. The molecule has 0 saturated carbocycles. The molecule has 0 spiro atoms. The van der Waals surface area contributed by atoms with Gasteiger partial charge < -0.3 is 16.0 Å². The summed E-state index contributed by atoms with van der Waals surface area (Å²) < 4.78 is 0. The predicted molar refractivity (Wildman–Crippen MR) is 65.7 cm³/mol. The fourth-order valence-corrected chi connectivity index (χ4v) is 1.36. The number of rotatable bonds is 5. The lowest BCUT2D eigenvalue weighted by Crippen LogP contribution is -2.29. The molecular weight excluding hydrogens is 204 g/mol. The molecule has 5 nitrogen and oxygen atoms in total. The molecule has 1 atom stereocenters. The van der Waals surface area contributed by atoms with E-state index < -0.39 is 0 Å². The molecule has 0 aromatic carbocycles. The Morgan fingerprint density at radius 1 is 1.56 bits per heavy atom. The molecule has 0 aliphatic carbocycles. The first-order valence-corrected chi connectivity index (χ1v) is 5.64. The summed E-state index contributed by atoms with van der Waals surface area (Å²) in [5, 5.41) is 3.16. The van der Waals surface area contributed by atoms with E-state index in [9.17, 15) is 4.79 Å². The molecule has 0 saturated heterocycles. The van der Waals surface area contributed by atoms with E-state index in [1.807, 2.05) is 20.8 Å².